The average molecular weight is 317 g/mol. The molecule has 2 heterocycles. The Kier molecular flexibility index (Phi) is 4.76. The third-order valence-electron chi connectivity index (χ3n) is 5.11. The first-order valence-corrected chi connectivity index (χ1v) is 8.52. The molecule has 23 heavy (non-hydrogen) atoms. The Hall–Kier alpha value is -1.75. The number of anilines is 1. The zero-order valence-corrected chi connectivity index (χ0v) is 14.2. The topological polar surface area (TPSA) is 44.8 Å². The van der Waals surface area contributed by atoms with E-state index in [-0.39, 0.29) is 5.41 Å². The highest BCUT2D eigenvalue weighted by Crippen LogP contribution is 2.31. The van der Waals surface area contributed by atoms with E-state index < -0.39 is 0 Å². The molecule has 0 saturated carbocycles. The summed E-state index contributed by atoms with van der Waals surface area (Å²) in [7, 11) is 1.70. The van der Waals surface area contributed by atoms with Crippen LogP contribution in [0.5, 0.6) is 5.75 Å². The summed E-state index contributed by atoms with van der Waals surface area (Å²) in [4.78, 5) is 17.2. The smallest absolute Gasteiger partial charge is 0.229 e. The van der Waals surface area contributed by atoms with Crippen LogP contribution in [0.15, 0.2) is 24.3 Å². The molecule has 0 radical (unpaired) electrons. The van der Waals surface area contributed by atoms with Gasteiger partial charge in [-0.3, -0.25) is 4.79 Å². The summed E-state index contributed by atoms with van der Waals surface area (Å²) in [6.45, 7) is 7.22. The number of ether oxygens (including phenoxy) is 1. The van der Waals surface area contributed by atoms with Gasteiger partial charge in [0.05, 0.1) is 18.2 Å². The van der Waals surface area contributed by atoms with E-state index in [1.165, 1.54) is 0 Å². The van der Waals surface area contributed by atoms with Crippen LogP contribution in [0.1, 0.15) is 19.8 Å². The number of carbonyl (C=O) groups excluding carboxylic acids is 1. The molecule has 1 N–H and O–H groups in total. The fraction of sp³-hybridized carbons (Fsp3) is 0.611. The number of benzene rings is 1. The Bertz CT molecular complexity index is 547. The SMILES string of the molecule is COc1ccccc1N1CCN(C(=O)C2(C)CCCNC2)CC1. The van der Waals surface area contributed by atoms with Gasteiger partial charge in [0.1, 0.15) is 5.75 Å². The van der Waals surface area contributed by atoms with Gasteiger partial charge in [-0.15, -0.1) is 0 Å². The van der Waals surface area contributed by atoms with Gasteiger partial charge in [0.15, 0.2) is 0 Å². The lowest BCUT2D eigenvalue weighted by atomic mass is 9.81. The first-order chi connectivity index (χ1) is 11.1. The van der Waals surface area contributed by atoms with Crippen LogP contribution in [0.3, 0.4) is 0 Å². The zero-order chi connectivity index (χ0) is 16.3. The van der Waals surface area contributed by atoms with Gasteiger partial charge in [-0.05, 0) is 38.4 Å². The average Bonchev–Trinajstić information content (AvgIpc) is 2.62. The van der Waals surface area contributed by atoms with Crippen molar-refractivity contribution in [2.45, 2.75) is 19.8 Å². The number of amides is 1. The van der Waals surface area contributed by atoms with Crippen molar-refractivity contribution in [1.82, 2.24) is 10.2 Å². The molecule has 5 heteroatoms. The maximum atomic E-state index is 12.9. The molecule has 0 aromatic heterocycles. The quantitative estimate of drug-likeness (QED) is 0.922. The fourth-order valence-electron chi connectivity index (χ4n) is 3.66. The monoisotopic (exact) mass is 317 g/mol. The summed E-state index contributed by atoms with van der Waals surface area (Å²) in [6.07, 6.45) is 2.08. The standard InChI is InChI=1S/C18H27N3O2/c1-18(8-5-9-19-14-18)17(22)21-12-10-20(11-13-21)15-6-3-4-7-16(15)23-2/h3-4,6-7,19H,5,8-14H2,1-2H3. The summed E-state index contributed by atoms with van der Waals surface area (Å²) in [5.41, 5.74) is 0.887. The van der Waals surface area contributed by atoms with Crippen LogP contribution >= 0.6 is 0 Å². The lowest BCUT2D eigenvalue weighted by Gasteiger charge is -2.42. The minimum atomic E-state index is -0.231. The lowest BCUT2D eigenvalue weighted by Crippen LogP contribution is -2.55. The van der Waals surface area contributed by atoms with E-state index in [0.717, 1.165) is 63.5 Å². The van der Waals surface area contributed by atoms with E-state index in [4.69, 9.17) is 4.74 Å². The summed E-state index contributed by atoms with van der Waals surface area (Å²) in [5, 5.41) is 3.37. The molecule has 3 rings (SSSR count). The molecule has 1 aromatic rings. The number of methoxy groups -OCH3 is 1. The molecule has 2 fully saturated rings. The van der Waals surface area contributed by atoms with Crippen LogP contribution in [-0.4, -0.2) is 57.2 Å². The van der Waals surface area contributed by atoms with Crippen LogP contribution in [0.25, 0.3) is 0 Å². The molecule has 2 aliphatic heterocycles. The summed E-state index contributed by atoms with van der Waals surface area (Å²) in [5.74, 6) is 1.21. The maximum absolute atomic E-state index is 12.9. The van der Waals surface area contributed by atoms with Crippen molar-refractivity contribution in [3.63, 3.8) is 0 Å². The number of nitrogens with one attached hydrogen (secondary N) is 1. The number of carbonyl (C=O) groups is 1. The van der Waals surface area contributed by atoms with Gasteiger partial charge in [0.2, 0.25) is 5.91 Å². The number of rotatable bonds is 3. The molecule has 0 spiro atoms. The van der Waals surface area contributed by atoms with Crippen LogP contribution in [0.4, 0.5) is 5.69 Å². The molecule has 0 aliphatic carbocycles. The van der Waals surface area contributed by atoms with Crippen molar-refractivity contribution in [2.24, 2.45) is 5.41 Å². The molecular weight excluding hydrogens is 290 g/mol. The predicted molar refractivity (Wildman–Crippen MR) is 92.0 cm³/mol. The minimum absolute atomic E-state index is 0.231. The van der Waals surface area contributed by atoms with E-state index in [2.05, 4.69) is 23.2 Å². The largest absolute Gasteiger partial charge is 0.495 e. The van der Waals surface area contributed by atoms with E-state index in [0.29, 0.717) is 5.91 Å². The molecular formula is C18H27N3O2. The molecule has 2 saturated heterocycles. The second kappa shape index (κ2) is 6.79. The van der Waals surface area contributed by atoms with Crippen molar-refractivity contribution < 1.29 is 9.53 Å². The third-order valence-corrected chi connectivity index (χ3v) is 5.11. The number of nitrogens with zero attached hydrogens (tertiary/aromatic N) is 2. The molecule has 0 bridgehead atoms. The molecule has 126 valence electrons. The molecule has 1 aromatic carbocycles. The Morgan fingerprint density at radius 2 is 1.96 bits per heavy atom. The summed E-state index contributed by atoms with van der Waals surface area (Å²) >= 11 is 0. The number of para-hydroxylation sites is 2. The Morgan fingerprint density at radius 3 is 2.61 bits per heavy atom. The van der Waals surface area contributed by atoms with E-state index >= 15 is 0 Å². The number of hydrogen-bond acceptors (Lipinski definition) is 4. The molecule has 1 unspecified atom stereocenters. The van der Waals surface area contributed by atoms with Crippen LogP contribution < -0.4 is 15.0 Å². The maximum Gasteiger partial charge on any atom is 0.229 e. The van der Waals surface area contributed by atoms with Crippen molar-refractivity contribution in [1.29, 1.82) is 0 Å². The number of piperidine rings is 1. The molecule has 2 aliphatic rings. The number of hydrogen-bond donors (Lipinski definition) is 1. The van der Waals surface area contributed by atoms with Crippen LogP contribution in [-0.2, 0) is 4.79 Å². The summed E-state index contributed by atoms with van der Waals surface area (Å²) < 4.78 is 5.45. The lowest BCUT2D eigenvalue weighted by molar-refractivity contribution is -0.142. The van der Waals surface area contributed by atoms with Crippen molar-refractivity contribution in [3.8, 4) is 5.75 Å². The predicted octanol–water partition coefficient (Wildman–Crippen LogP) is 1.73. The fourth-order valence-corrected chi connectivity index (χ4v) is 3.66. The summed E-state index contributed by atoms with van der Waals surface area (Å²) in [6, 6.07) is 8.09. The molecule has 5 nitrogen and oxygen atoms in total. The normalized spacial score (nSPS) is 25.3. The number of piperazine rings is 1. The highest BCUT2D eigenvalue weighted by Gasteiger charge is 2.38. The Balaban J connectivity index is 1.63. The first-order valence-electron chi connectivity index (χ1n) is 8.52. The van der Waals surface area contributed by atoms with Gasteiger partial charge in [0, 0.05) is 32.7 Å². The van der Waals surface area contributed by atoms with Gasteiger partial charge >= 0.3 is 0 Å². The van der Waals surface area contributed by atoms with Gasteiger partial charge in [-0.1, -0.05) is 12.1 Å². The Labute approximate surface area is 138 Å². The van der Waals surface area contributed by atoms with Gasteiger partial charge in [0.25, 0.3) is 0 Å². The van der Waals surface area contributed by atoms with Crippen LogP contribution in [0.2, 0.25) is 0 Å². The highest BCUT2D eigenvalue weighted by molar-refractivity contribution is 5.83. The highest BCUT2D eigenvalue weighted by atomic mass is 16.5. The minimum Gasteiger partial charge on any atom is -0.495 e. The van der Waals surface area contributed by atoms with Gasteiger partial charge in [-0.2, -0.15) is 0 Å². The van der Waals surface area contributed by atoms with Crippen molar-refractivity contribution in [3.05, 3.63) is 24.3 Å². The third kappa shape index (κ3) is 3.29. The second-order valence-corrected chi connectivity index (χ2v) is 6.79. The molecule has 1 amide bonds. The van der Waals surface area contributed by atoms with Gasteiger partial charge in [-0.25, -0.2) is 0 Å². The Morgan fingerprint density at radius 1 is 1.22 bits per heavy atom. The van der Waals surface area contributed by atoms with Crippen LogP contribution in [0, 0.1) is 5.41 Å². The van der Waals surface area contributed by atoms with Crippen molar-refractivity contribution in [2.75, 3.05) is 51.3 Å². The van der Waals surface area contributed by atoms with Gasteiger partial charge < -0.3 is 19.9 Å². The first kappa shape index (κ1) is 16.1. The second-order valence-electron chi connectivity index (χ2n) is 6.79. The zero-order valence-electron chi connectivity index (χ0n) is 14.2. The van der Waals surface area contributed by atoms with Crippen molar-refractivity contribution >= 4 is 11.6 Å². The molecule has 1 atom stereocenters. The van der Waals surface area contributed by atoms with E-state index in [9.17, 15) is 4.79 Å². The van der Waals surface area contributed by atoms with E-state index in [1.807, 2.05) is 23.1 Å². The van der Waals surface area contributed by atoms with E-state index in [1.54, 1.807) is 7.11 Å².